The van der Waals surface area contributed by atoms with Gasteiger partial charge in [-0.05, 0) is 12.8 Å². The average Bonchev–Trinajstić information content (AvgIpc) is 2.62. The molecule has 0 amide bonds. The van der Waals surface area contributed by atoms with E-state index >= 15 is 0 Å². The molecule has 0 heterocycles. The van der Waals surface area contributed by atoms with Crippen molar-refractivity contribution >= 4 is 19.0 Å². The summed E-state index contributed by atoms with van der Waals surface area (Å²) in [5.74, 6) is 0. The Balaban J connectivity index is 3.12. The van der Waals surface area contributed by atoms with E-state index in [2.05, 4.69) is 0 Å². The second-order valence-corrected chi connectivity index (χ2v) is 10.9. The number of hydrogen-bond donors (Lipinski definition) is 0. The molecule has 0 aromatic heterocycles. The lowest BCUT2D eigenvalue weighted by Gasteiger charge is -2.12. The van der Waals surface area contributed by atoms with Crippen LogP contribution in [0.5, 0.6) is 0 Å². The molecule has 0 aliphatic rings. The van der Waals surface area contributed by atoms with Crippen LogP contribution in [0.25, 0.3) is 0 Å². The molecule has 0 aromatic carbocycles. The third-order valence-electron chi connectivity index (χ3n) is 4.68. The van der Waals surface area contributed by atoms with Crippen molar-refractivity contribution in [3.63, 3.8) is 0 Å². The molecule has 24 heavy (non-hydrogen) atoms. The van der Waals surface area contributed by atoms with Crippen LogP contribution in [-0.2, 0) is 18.9 Å². The van der Waals surface area contributed by atoms with Gasteiger partial charge >= 0.3 is 0 Å². The number of rotatable bonds is 19. The van der Waals surface area contributed by atoms with Crippen LogP contribution in [0.3, 0.4) is 0 Å². The van der Waals surface area contributed by atoms with Crippen molar-refractivity contribution in [3.8, 4) is 0 Å². The molecule has 0 aliphatic heterocycles. The molecule has 6 heteroatoms. The Morgan fingerprint density at radius 1 is 0.500 bits per heavy atom. The smallest absolute Gasteiger partial charge is 0.156 e. The van der Waals surface area contributed by atoms with Gasteiger partial charge in [0.25, 0.3) is 0 Å². The Labute approximate surface area is 155 Å². The summed E-state index contributed by atoms with van der Waals surface area (Å²) >= 11 is 0. The number of unbranched alkanes of at least 4 members (excludes halogenated alkanes) is 5. The fraction of sp³-hybridized carbons (Fsp3) is 1.00. The van der Waals surface area contributed by atoms with Gasteiger partial charge in [-0.25, -0.2) is 0 Å². The van der Waals surface area contributed by atoms with Gasteiger partial charge in [-0.1, -0.05) is 62.7 Å². The highest BCUT2D eigenvalue weighted by Crippen LogP contribution is 2.11. The predicted octanol–water partition coefficient (Wildman–Crippen LogP) is 3.36. The van der Waals surface area contributed by atoms with Crippen molar-refractivity contribution in [2.75, 3.05) is 28.4 Å². The number of methoxy groups -OCH3 is 4. The molecule has 0 saturated heterocycles. The summed E-state index contributed by atoms with van der Waals surface area (Å²) in [5.41, 5.74) is 0. The molecule has 0 aliphatic carbocycles. The Morgan fingerprint density at radius 2 is 0.833 bits per heavy atom. The van der Waals surface area contributed by atoms with Gasteiger partial charge in [0.1, 0.15) is 0 Å². The summed E-state index contributed by atoms with van der Waals surface area (Å²) in [5, 5.41) is 0. The summed E-state index contributed by atoms with van der Waals surface area (Å²) < 4.78 is 20.9. The molecule has 0 bridgehead atoms. The first-order chi connectivity index (χ1) is 11.8. The maximum absolute atomic E-state index is 5.22. The molecule has 4 nitrogen and oxygen atoms in total. The van der Waals surface area contributed by atoms with Gasteiger partial charge in [-0.3, -0.25) is 0 Å². The molecule has 0 aromatic rings. The second kappa shape index (κ2) is 19.6. The van der Waals surface area contributed by atoms with Gasteiger partial charge in [0, 0.05) is 47.5 Å². The van der Waals surface area contributed by atoms with Crippen LogP contribution in [-0.4, -0.2) is 60.1 Å². The molecule has 0 spiro atoms. The van der Waals surface area contributed by atoms with E-state index in [1.807, 2.05) is 0 Å². The van der Waals surface area contributed by atoms with E-state index in [1.54, 1.807) is 28.4 Å². The fourth-order valence-corrected chi connectivity index (χ4v) is 6.42. The Bertz CT molecular complexity index is 213. The summed E-state index contributed by atoms with van der Waals surface area (Å²) in [7, 11) is 7.14. The first kappa shape index (κ1) is 24.3. The minimum absolute atomic E-state index is 0.0240. The lowest BCUT2D eigenvalue weighted by atomic mass is 10.1. The van der Waals surface area contributed by atoms with Crippen molar-refractivity contribution in [1.29, 1.82) is 0 Å². The fourth-order valence-electron chi connectivity index (χ4n) is 3.05. The third-order valence-corrected chi connectivity index (χ3v) is 8.50. The Morgan fingerprint density at radius 3 is 1.17 bits per heavy atom. The summed E-state index contributed by atoms with van der Waals surface area (Å²) in [6.45, 7) is 0. The molecule has 0 atom stereocenters. The van der Waals surface area contributed by atoms with Gasteiger partial charge in [-0.2, -0.15) is 0 Å². The van der Waals surface area contributed by atoms with Gasteiger partial charge < -0.3 is 18.9 Å². The van der Waals surface area contributed by atoms with Crippen LogP contribution in [0.1, 0.15) is 51.4 Å². The molecule has 0 rings (SSSR count). The van der Waals surface area contributed by atoms with E-state index in [0.717, 1.165) is 12.8 Å². The van der Waals surface area contributed by atoms with Crippen LogP contribution >= 0.6 is 0 Å². The lowest BCUT2D eigenvalue weighted by Crippen LogP contribution is -2.13. The first-order valence-corrected chi connectivity index (χ1v) is 13.9. The van der Waals surface area contributed by atoms with Crippen molar-refractivity contribution in [1.82, 2.24) is 0 Å². The monoisotopic (exact) mass is 378 g/mol. The highest BCUT2D eigenvalue weighted by molar-refractivity contribution is 6.35. The minimum Gasteiger partial charge on any atom is -0.356 e. The summed E-state index contributed by atoms with van der Waals surface area (Å²) in [6, 6.07) is 5.69. The quantitative estimate of drug-likeness (QED) is 0.196. The van der Waals surface area contributed by atoms with E-state index < -0.39 is 0 Å². The zero-order valence-electron chi connectivity index (χ0n) is 16.7. The lowest BCUT2D eigenvalue weighted by molar-refractivity contribution is -0.103. The van der Waals surface area contributed by atoms with E-state index in [1.165, 1.54) is 62.7 Å². The standard InChI is InChI=1S/C18H42O4Si2/c1-19-17(20-2)11-15-23-13-9-7-5-6-8-10-14-24-16-12-18(21-3)22-4/h17-18H,5-16,23-24H2,1-4H3. The van der Waals surface area contributed by atoms with Gasteiger partial charge in [0.15, 0.2) is 12.6 Å². The maximum Gasteiger partial charge on any atom is 0.156 e. The molecular formula is C18H42O4Si2. The Hall–Kier alpha value is 0.274. The molecule has 0 saturated carbocycles. The van der Waals surface area contributed by atoms with Crippen molar-refractivity contribution in [3.05, 3.63) is 0 Å². The molecule has 0 fully saturated rings. The zero-order chi connectivity index (χ0) is 17.9. The third kappa shape index (κ3) is 15.8. The topological polar surface area (TPSA) is 36.9 Å². The zero-order valence-corrected chi connectivity index (χ0v) is 19.5. The average molecular weight is 379 g/mol. The van der Waals surface area contributed by atoms with Crippen molar-refractivity contribution in [2.45, 2.75) is 88.1 Å². The minimum atomic E-state index is 0.0240. The summed E-state index contributed by atoms with van der Waals surface area (Å²) in [4.78, 5) is 0. The molecule has 0 unspecified atom stereocenters. The van der Waals surface area contributed by atoms with Crippen LogP contribution in [0.15, 0.2) is 0 Å². The highest BCUT2D eigenvalue weighted by atomic mass is 28.2. The summed E-state index contributed by atoms with van der Waals surface area (Å²) in [6.07, 6.45) is 10.8. The SMILES string of the molecule is COC(CC[SiH2]CCCCCCCC[SiH2]CCC(OC)OC)OC. The van der Waals surface area contributed by atoms with Crippen molar-refractivity contribution < 1.29 is 18.9 Å². The normalized spacial score (nSPS) is 12.8. The highest BCUT2D eigenvalue weighted by Gasteiger charge is 2.04. The van der Waals surface area contributed by atoms with Crippen molar-refractivity contribution in [2.24, 2.45) is 0 Å². The Kier molecular flexibility index (Phi) is 19.8. The maximum atomic E-state index is 5.22. The van der Waals surface area contributed by atoms with Crippen LogP contribution in [0.4, 0.5) is 0 Å². The van der Waals surface area contributed by atoms with E-state index in [-0.39, 0.29) is 31.6 Å². The molecule has 0 N–H and O–H groups in total. The van der Waals surface area contributed by atoms with Gasteiger partial charge in [-0.15, -0.1) is 0 Å². The number of ether oxygens (including phenoxy) is 4. The van der Waals surface area contributed by atoms with E-state index in [4.69, 9.17) is 18.9 Å². The molecule has 146 valence electrons. The second-order valence-electron chi connectivity index (χ2n) is 6.62. The van der Waals surface area contributed by atoms with Crippen LogP contribution in [0.2, 0.25) is 24.2 Å². The molecule has 0 radical (unpaired) electrons. The largest absolute Gasteiger partial charge is 0.356 e. The van der Waals surface area contributed by atoms with E-state index in [9.17, 15) is 0 Å². The molecular weight excluding hydrogens is 336 g/mol. The van der Waals surface area contributed by atoms with E-state index in [0.29, 0.717) is 0 Å². The first-order valence-electron chi connectivity index (χ1n) is 9.89. The van der Waals surface area contributed by atoms with Crippen LogP contribution < -0.4 is 0 Å². The van der Waals surface area contributed by atoms with Crippen LogP contribution in [0, 0.1) is 0 Å². The number of hydrogen-bond acceptors (Lipinski definition) is 4. The predicted molar refractivity (Wildman–Crippen MR) is 109 cm³/mol. The van der Waals surface area contributed by atoms with Gasteiger partial charge in [0.05, 0.1) is 0 Å². The van der Waals surface area contributed by atoms with Gasteiger partial charge in [0.2, 0.25) is 0 Å².